The molecule has 0 radical (unpaired) electrons. The Kier molecular flexibility index (Phi) is 3.53. The topological polar surface area (TPSA) is 46.3 Å². The van der Waals surface area contributed by atoms with E-state index < -0.39 is 0 Å². The van der Waals surface area contributed by atoms with E-state index in [1.54, 1.807) is 0 Å². The molecule has 1 aliphatic rings. The third-order valence-corrected chi connectivity index (χ3v) is 2.59. The van der Waals surface area contributed by atoms with Gasteiger partial charge in [-0.25, -0.2) is 0 Å². The molecule has 3 nitrogen and oxygen atoms in total. The minimum Gasteiger partial charge on any atom is -0.339 e. The van der Waals surface area contributed by atoms with E-state index in [0.29, 0.717) is 6.04 Å². The first-order valence-electron chi connectivity index (χ1n) is 4.79. The Balaban J connectivity index is 2.52. The van der Waals surface area contributed by atoms with Crippen molar-refractivity contribution in [1.82, 2.24) is 4.90 Å². The molecule has 0 aliphatic carbocycles. The summed E-state index contributed by atoms with van der Waals surface area (Å²) in [6, 6.07) is 0.454. The van der Waals surface area contributed by atoms with Gasteiger partial charge >= 0.3 is 0 Å². The van der Waals surface area contributed by atoms with E-state index in [2.05, 4.69) is 6.92 Å². The quantitative estimate of drug-likeness (QED) is 0.664. The molecular weight excluding hydrogens is 152 g/mol. The summed E-state index contributed by atoms with van der Waals surface area (Å²) in [6.07, 6.45) is 4.61. The summed E-state index contributed by atoms with van der Waals surface area (Å²) < 4.78 is 0. The van der Waals surface area contributed by atoms with Gasteiger partial charge in [0.25, 0.3) is 0 Å². The normalized spacial score (nSPS) is 24.2. The average Bonchev–Trinajstić information content (AvgIpc) is 2.16. The summed E-state index contributed by atoms with van der Waals surface area (Å²) in [4.78, 5) is 13.3. The molecular formula is C9H18N2O. The predicted molar refractivity (Wildman–Crippen MR) is 48.7 cm³/mol. The lowest BCUT2D eigenvalue weighted by Gasteiger charge is -2.35. The minimum atomic E-state index is 0.113. The van der Waals surface area contributed by atoms with E-state index in [9.17, 15) is 4.79 Å². The zero-order valence-corrected chi connectivity index (χ0v) is 7.75. The summed E-state index contributed by atoms with van der Waals surface area (Å²) in [6.45, 7) is 3.21. The standard InChI is InChI=1S/C9H18N2O/c1-2-8-5-3-4-6-11(8)9(12)7-10/h8H,2-7,10H2,1H3/t8-/m0/s1. The van der Waals surface area contributed by atoms with Crippen molar-refractivity contribution in [3.63, 3.8) is 0 Å². The number of amides is 1. The number of carbonyl (C=O) groups excluding carboxylic acids is 1. The summed E-state index contributed by atoms with van der Waals surface area (Å²) in [5.41, 5.74) is 5.33. The van der Waals surface area contributed by atoms with E-state index in [1.807, 2.05) is 4.90 Å². The van der Waals surface area contributed by atoms with Crippen LogP contribution in [0.2, 0.25) is 0 Å². The van der Waals surface area contributed by atoms with Crippen LogP contribution in [0.3, 0.4) is 0 Å². The molecule has 1 rings (SSSR count). The molecule has 0 spiro atoms. The molecule has 1 aliphatic heterocycles. The highest BCUT2D eigenvalue weighted by atomic mass is 16.2. The second-order valence-corrected chi connectivity index (χ2v) is 3.35. The van der Waals surface area contributed by atoms with Crippen LogP contribution in [0.25, 0.3) is 0 Å². The first-order valence-corrected chi connectivity index (χ1v) is 4.79. The van der Waals surface area contributed by atoms with E-state index in [1.165, 1.54) is 6.42 Å². The van der Waals surface area contributed by atoms with Crippen LogP contribution in [-0.2, 0) is 4.79 Å². The second kappa shape index (κ2) is 4.45. The van der Waals surface area contributed by atoms with Gasteiger partial charge in [-0.05, 0) is 25.7 Å². The molecule has 0 bridgehead atoms. The number of likely N-dealkylation sites (tertiary alicyclic amines) is 1. The molecule has 1 saturated heterocycles. The van der Waals surface area contributed by atoms with Gasteiger partial charge in [-0.3, -0.25) is 4.79 Å². The van der Waals surface area contributed by atoms with E-state index in [4.69, 9.17) is 5.73 Å². The van der Waals surface area contributed by atoms with Crippen molar-refractivity contribution in [2.24, 2.45) is 5.73 Å². The first kappa shape index (κ1) is 9.52. The number of piperidine rings is 1. The second-order valence-electron chi connectivity index (χ2n) is 3.35. The lowest BCUT2D eigenvalue weighted by Crippen LogP contribution is -2.46. The maximum absolute atomic E-state index is 11.3. The monoisotopic (exact) mass is 170 g/mol. The van der Waals surface area contributed by atoms with Crippen molar-refractivity contribution in [2.45, 2.75) is 38.6 Å². The Morgan fingerprint density at radius 3 is 2.92 bits per heavy atom. The molecule has 1 atom stereocenters. The Labute approximate surface area is 73.9 Å². The number of hydrogen-bond donors (Lipinski definition) is 1. The lowest BCUT2D eigenvalue weighted by molar-refractivity contribution is -0.133. The molecule has 3 heteroatoms. The Hall–Kier alpha value is -0.570. The zero-order valence-electron chi connectivity index (χ0n) is 7.75. The maximum Gasteiger partial charge on any atom is 0.236 e. The first-order chi connectivity index (χ1) is 5.79. The van der Waals surface area contributed by atoms with Gasteiger partial charge in [0.15, 0.2) is 0 Å². The third-order valence-electron chi connectivity index (χ3n) is 2.59. The largest absolute Gasteiger partial charge is 0.339 e. The van der Waals surface area contributed by atoms with Gasteiger partial charge in [-0.2, -0.15) is 0 Å². The van der Waals surface area contributed by atoms with Crippen LogP contribution >= 0.6 is 0 Å². The molecule has 0 aromatic heterocycles. The molecule has 0 saturated carbocycles. The van der Waals surface area contributed by atoms with Crippen molar-refractivity contribution < 1.29 is 4.79 Å². The van der Waals surface area contributed by atoms with Gasteiger partial charge in [0.2, 0.25) is 5.91 Å². The van der Waals surface area contributed by atoms with Crippen LogP contribution in [0.15, 0.2) is 0 Å². The van der Waals surface area contributed by atoms with Crippen molar-refractivity contribution >= 4 is 5.91 Å². The van der Waals surface area contributed by atoms with Crippen molar-refractivity contribution in [2.75, 3.05) is 13.1 Å². The van der Waals surface area contributed by atoms with Crippen LogP contribution in [-0.4, -0.2) is 29.9 Å². The maximum atomic E-state index is 11.3. The summed E-state index contributed by atoms with van der Waals surface area (Å²) in [5, 5.41) is 0. The molecule has 0 unspecified atom stereocenters. The SMILES string of the molecule is CC[C@H]1CCCCN1C(=O)CN. The number of carbonyl (C=O) groups is 1. The predicted octanol–water partition coefficient (Wildman–Crippen LogP) is 0.736. The molecule has 1 heterocycles. The Morgan fingerprint density at radius 1 is 1.58 bits per heavy atom. The fraction of sp³-hybridized carbons (Fsp3) is 0.889. The number of nitrogens with two attached hydrogens (primary N) is 1. The molecule has 2 N–H and O–H groups in total. The molecule has 0 aromatic carbocycles. The van der Waals surface area contributed by atoms with E-state index in [0.717, 1.165) is 25.8 Å². The summed E-state index contributed by atoms with van der Waals surface area (Å²) >= 11 is 0. The van der Waals surface area contributed by atoms with Crippen molar-refractivity contribution in [3.8, 4) is 0 Å². The Morgan fingerprint density at radius 2 is 2.33 bits per heavy atom. The molecule has 0 aromatic rings. The molecule has 12 heavy (non-hydrogen) atoms. The fourth-order valence-electron chi connectivity index (χ4n) is 1.87. The van der Waals surface area contributed by atoms with Crippen molar-refractivity contribution in [3.05, 3.63) is 0 Å². The fourth-order valence-corrected chi connectivity index (χ4v) is 1.87. The van der Waals surface area contributed by atoms with Gasteiger partial charge in [0.05, 0.1) is 6.54 Å². The van der Waals surface area contributed by atoms with Gasteiger partial charge in [0, 0.05) is 12.6 Å². The Bertz CT molecular complexity index is 159. The van der Waals surface area contributed by atoms with Crippen LogP contribution in [0, 0.1) is 0 Å². The smallest absolute Gasteiger partial charge is 0.236 e. The highest BCUT2D eigenvalue weighted by Gasteiger charge is 2.23. The van der Waals surface area contributed by atoms with Crippen LogP contribution in [0.4, 0.5) is 0 Å². The van der Waals surface area contributed by atoms with Gasteiger partial charge < -0.3 is 10.6 Å². The van der Waals surface area contributed by atoms with Gasteiger partial charge in [0.1, 0.15) is 0 Å². The highest BCUT2D eigenvalue weighted by molar-refractivity contribution is 5.78. The molecule has 1 amide bonds. The number of nitrogens with zero attached hydrogens (tertiary/aromatic N) is 1. The third kappa shape index (κ3) is 1.97. The zero-order chi connectivity index (χ0) is 8.97. The highest BCUT2D eigenvalue weighted by Crippen LogP contribution is 2.18. The van der Waals surface area contributed by atoms with Crippen molar-refractivity contribution in [1.29, 1.82) is 0 Å². The van der Waals surface area contributed by atoms with Crippen LogP contribution in [0.1, 0.15) is 32.6 Å². The molecule has 1 fully saturated rings. The summed E-state index contributed by atoms with van der Waals surface area (Å²) in [5.74, 6) is 0.113. The van der Waals surface area contributed by atoms with Crippen LogP contribution in [0.5, 0.6) is 0 Å². The van der Waals surface area contributed by atoms with Crippen LogP contribution < -0.4 is 5.73 Å². The summed E-state index contributed by atoms with van der Waals surface area (Å²) in [7, 11) is 0. The van der Waals surface area contributed by atoms with Gasteiger partial charge in [-0.15, -0.1) is 0 Å². The number of hydrogen-bond acceptors (Lipinski definition) is 2. The lowest BCUT2D eigenvalue weighted by atomic mass is 10.00. The van der Waals surface area contributed by atoms with E-state index in [-0.39, 0.29) is 12.5 Å². The van der Waals surface area contributed by atoms with E-state index >= 15 is 0 Å². The minimum absolute atomic E-state index is 0.113. The molecule has 70 valence electrons. The number of rotatable bonds is 2. The van der Waals surface area contributed by atoms with Gasteiger partial charge in [-0.1, -0.05) is 6.92 Å². The average molecular weight is 170 g/mol.